The number of carbonyl (C=O) groups excluding carboxylic acids is 3. The Kier molecular flexibility index (Phi) is 4.11. The molecule has 0 aliphatic carbocycles. The number of hydrogen-bond donors (Lipinski definition) is 1. The molecule has 3 amide bonds. The lowest BCUT2D eigenvalue weighted by atomic mass is 9.82. The lowest BCUT2D eigenvalue weighted by molar-refractivity contribution is -0.126. The van der Waals surface area contributed by atoms with E-state index >= 15 is 0 Å². The molecule has 8 nitrogen and oxygen atoms in total. The van der Waals surface area contributed by atoms with E-state index < -0.39 is 29.0 Å². The minimum Gasteiger partial charge on any atom is -0.494 e. The van der Waals surface area contributed by atoms with E-state index in [1.165, 1.54) is 18.1 Å². The fraction of sp³-hybridized carbons (Fsp3) is 0.273. The second-order valence-electron chi connectivity index (χ2n) is 7.86. The summed E-state index contributed by atoms with van der Waals surface area (Å²) in [7, 11) is 1.32. The summed E-state index contributed by atoms with van der Waals surface area (Å²) in [4.78, 5) is 43.9. The summed E-state index contributed by atoms with van der Waals surface area (Å²) in [5.74, 6) is -2.12. The average molecular weight is 423 g/mol. The maximum Gasteiger partial charge on any atom is 0.257 e. The highest BCUT2D eigenvalue weighted by Gasteiger charge is 2.53. The number of amides is 3. The number of benzene rings is 1. The van der Waals surface area contributed by atoms with Gasteiger partial charge in [-0.05, 0) is 30.7 Å². The molecular weight excluding hydrogens is 405 g/mol. The first-order valence-electron chi connectivity index (χ1n) is 9.69. The van der Waals surface area contributed by atoms with Crippen LogP contribution >= 0.6 is 0 Å². The monoisotopic (exact) mass is 423 g/mol. The Hall–Kier alpha value is -3.75. The maximum atomic E-state index is 14.7. The average Bonchev–Trinajstić information content (AvgIpc) is 3.37. The summed E-state index contributed by atoms with van der Waals surface area (Å²) >= 11 is 0. The number of hydrogen-bond acceptors (Lipinski definition) is 6. The second-order valence-corrected chi connectivity index (χ2v) is 7.86. The van der Waals surface area contributed by atoms with Crippen molar-refractivity contribution in [2.45, 2.75) is 25.3 Å². The minimum atomic E-state index is -1.43. The van der Waals surface area contributed by atoms with Crippen LogP contribution in [0.3, 0.4) is 0 Å². The lowest BCUT2D eigenvalue weighted by Gasteiger charge is -2.28. The first-order valence-corrected chi connectivity index (χ1v) is 9.69. The van der Waals surface area contributed by atoms with Crippen molar-refractivity contribution in [1.29, 1.82) is 0 Å². The number of aromatic nitrogens is 1. The molecule has 1 atom stereocenters. The van der Waals surface area contributed by atoms with E-state index in [4.69, 9.17) is 9.15 Å². The summed E-state index contributed by atoms with van der Waals surface area (Å²) in [5.41, 5.74) is 0.776. The maximum absolute atomic E-state index is 14.7. The van der Waals surface area contributed by atoms with Crippen LogP contribution in [0.25, 0.3) is 11.1 Å². The van der Waals surface area contributed by atoms with Crippen LogP contribution in [-0.2, 0) is 21.5 Å². The number of halogens is 1. The number of imide groups is 1. The third-order valence-electron chi connectivity index (χ3n) is 5.87. The molecule has 1 aromatic carbocycles. The van der Waals surface area contributed by atoms with Gasteiger partial charge in [-0.25, -0.2) is 9.37 Å². The number of aryl methyl sites for hydroxylation is 1. The van der Waals surface area contributed by atoms with E-state index in [0.717, 1.165) is 5.69 Å². The van der Waals surface area contributed by atoms with Gasteiger partial charge in [-0.1, -0.05) is 6.07 Å². The summed E-state index contributed by atoms with van der Waals surface area (Å²) in [6.45, 7) is 1.80. The molecule has 0 spiro atoms. The van der Waals surface area contributed by atoms with Gasteiger partial charge in [-0.2, -0.15) is 0 Å². The Balaban J connectivity index is 1.56. The van der Waals surface area contributed by atoms with E-state index in [-0.39, 0.29) is 36.6 Å². The molecule has 1 saturated heterocycles. The second kappa shape index (κ2) is 6.63. The zero-order valence-corrected chi connectivity index (χ0v) is 16.8. The molecule has 0 radical (unpaired) electrons. The molecule has 31 heavy (non-hydrogen) atoms. The number of carbonyl (C=O) groups is 3. The Morgan fingerprint density at radius 2 is 2.06 bits per heavy atom. The molecule has 158 valence electrons. The van der Waals surface area contributed by atoms with Crippen molar-refractivity contribution in [3.63, 3.8) is 0 Å². The molecule has 3 aromatic rings. The largest absolute Gasteiger partial charge is 0.494 e. The van der Waals surface area contributed by atoms with Gasteiger partial charge in [-0.15, -0.1) is 0 Å². The summed E-state index contributed by atoms with van der Waals surface area (Å²) in [6.07, 6.45) is -0.184. The quantitative estimate of drug-likeness (QED) is 0.646. The van der Waals surface area contributed by atoms with Crippen LogP contribution in [0, 0.1) is 12.7 Å². The molecule has 4 heterocycles. The molecule has 0 saturated carbocycles. The van der Waals surface area contributed by atoms with Crippen molar-refractivity contribution in [2.24, 2.45) is 0 Å². The van der Waals surface area contributed by atoms with Gasteiger partial charge >= 0.3 is 0 Å². The van der Waals surface area contributed by atoms with Crippen LogP contribution in [0.5, 0.6) is 5.75 Å². The van der Waals surface area contributed by atoms with Crippen LogP contribution in [0.4, 0.5) is 4.39 Å². The normalized spacial score (nSPS) is 20.5. The van der Waals surface area contributed by atoms with Gasteiger partial charge in [0.05, 0.1) is 19.1 Å². The highest BCUT2D eigenvalue weighted by Crippen LogP contribution is 2.39. The molecule has 2 aliphatic heterocycles. The Bertz CT molecular complexity index is 1280. The van der Waals surface area contributed by atoms with Crippen molar-refractivity contribution in [2.75, 3.05) is 13.7 Å². The Labute approximate surface area is 176 Å². The van der Waals surface area contributed by atoms with Crippen molar-refractivity contribution in [1.82, 2.24) is 15.2 Å². The molecule has 9 heteroatoms. The van der Waals surface area contributed by atoms with E-state index in [1.54, 1.807) is 24.3 Å². The zero-order valence-electron chi connectivity index (χ0n) is 16.8. The third kappa shape index (κ3) is 2.80. The molecule has 0 unspecified atom stereocenters. The SMILES string of the molecule is COc1ccc2c(c1F)C(=O)N(C[C@@]1(c3cc4nc(C)ccc4o3)CC(=O)NC1=O)C2. The van der Waals surface area contributed by atoms with Crippen molar-refractivity contribution < 1.29 is 27.9 Å². The third-order valence-corrected chi connectivity index (χ3v) is 5.87. The van der Waals surface area contributed by atoms with Gasteiger partial charge in [0.1, 0.15) is 16.7 Å². The summed E-state index contributed by atoms with van der Waals surface area (Å²) in [5, 5.41) is 2.31. The van der Waals surface area contributed by atoms with Gasteiger partial charge in [0.2, 0.25) is 11.8 Å². The van der Waals surface area contributed by atoms with Crippen molar-refractivity contribution in [3.05, 3.63) is 58.7 Å². The minimum absolute atomic E-state index is 0.0313. The smallest absolute Gasteiger partial charge is 0.257 e. The molecule has 1 N–H and O–H groups in total. The number of nitrogens with one attached hydrogen (secondary N) is 1. The fourth-order valence-corrected chi connectivity index (χ4v) is 4.32. The molecule has 2 aliphatic rings. The predicted octanol–water partition coefficient (Wildman–Crippen LogP) is 2.22. The van der Waals surface area contributed by atoms with Gasteiger partial charge in [0.25, 0.3) is 5.91 Å². The van der Waals surface area contributed by atoms with Crippen LogP contribution in [0.2, 0.25) is 0 Å². The number of ether oxygens (including phenoxy) is 1. The van der Waals surface area contributed by atoms with Gasteiger partial charge in [0.15, 0.2) is 17.1 Å². The number of fused-ring (bicyclic) bond motifs is 2. The van der Waals surface area contributed by atoms with Crippen LogP contribution in [0.1, 0.15) is 33.8 Å². The van der Waals surface area contributed by atoms with Gasteiger partial charge < -0.3 is 14.1 Å². The van der Waals surface area contributed by atoms with E-state index in [0.29, 0.717) is 16.7 Å². The highest BCUT2D eigenvalue weighted by molar-refractivity contribution is 6.10. The van der Waals surface area contributed by atoms with Crippen LogP contribution in [0.15, 0.2) is 34.7 Å². The summed E-state index contributed by atoms with van der Waals surface area (Å²) in [6, 6.07) is 8.22. The molecule has 2 aromatic heterocycles. The number of furan rings is 1. The van der Waals surface area contributed by atoms with E-state index in [1.807, 2.05) is 6.92 Å². The first-order chi connectivity index (χ1) is 14.8. The molecule has 1 fully saturated rings. The number of nitrogens with zero attached hydrogens (tertiary/aromatic N) is 2. The number of methoxy groups -OCH3 is 1. The highest BCUT2D eigenvalue weighted by atomic mass is 19.1. The topological polar surface area (TPSA) is 102 Å². The van der Waals surface area contributed by atoms with Crippen molar-refractivity contribution in [3.8, 4) is 5.75 Å². The number of rotatable bonds is 4. The molecule has 5 rings (SSSR count). The van der Waals surface area contributed by atoms with Gasteiger partial charge in [-0.3, -0.25) is 19.7 Å². The lowest BCUT2D eigenvalue weighted by Crippen LogP contribution is -2.46. The standard InChI is InChI=1S/C22H18FN3O5/c1-11-3-5-14-13(24-11)7-16(31-14)22(8-17(27)25-21(22)29)10-26-9-12-4-6-15(30-2)19(23)18(12)20(26)28/h3-7H,8-10H2,1-2H3,(H,25,27,29)/t22-/m1/s1. The Morgan fingerprint density at radius 1 is 1.26 bits per heavy atom. The first kappa shape index (κ1) is 19.2. The van der Waals surface area contributed by atoms with Gasteiger partial charge in [0, 0.05) is 24.8 Å². The van der Waals surface area contributed by atoms with E-state index in [9.17, 15) is 18.8 Å². The molecular formula is C22H18FN3O5. The van der Waals surface area contributed by atoms with Crippen LogP contribution < -0.4 is 10.1 Å². The molecule has 0 bridgehead atoms. The Morgan fingerprint density at radius 3 is 2.77 bits per heavy atom. The zero-order chi connectivity index (χ0) is 21.9. The fourth-order valence-electron chi connectivity index (χ4n) is 4.32. The van der Waals surface area contributed by atoms with E-state index in [2.05, 4.69) is 10.3 Å². The summed E-state index contributed by atoms with van der Waals surface area (Å²) < 4.78 is 25.6. The predicted molar refractivity (Wildman–Crippen MR) is 106 cm³/mol. The van der Waals surface area contributed by atoms with Crippen molar-refractivity contribution >= 4 is 28.8 Å². The number of pyridine rings is 1. The van der Waals surface area contributed by atoms with Crippen LogP contribution in [-0.4, -0.2) is 41.3 Å².